The molecular formula is C9H10N6O3. The number of rotatable bonds is 5. The van der Waals surface area contributed by atoms with Crippen molar-refractivity contribution >= 4 is 11.9 Å². The van der Waals surface area contributed by atoms with Gasteiger partial charge in [0, 0.05) is 19.3 Å². The van der Waals surface area contributed by atoms with Crippen molar-refractivity contribution in [3.63, 3.8) is 0 Å². The summed E-state index contributed by atoms with van der Waals surface area (Å²) in [6.45, 7) is 0.745. The number of carboxylic acid groups (broad SMARTS) is 1. The summed E-state index contributed by atoms with van der Waals surface area (Å²) < 4.78 is 1.57. The van der Waals surface area contributed by atoms with Crippen LogP contribution in [0.15, 0.2) is 18.9 Å². The molecule has 0 saturated carbocycles. The number of aromatic nitrogens is 5. The first kappa shape index (κ1) is 11.8. The molecule has 18 heavy (non-hydrogen) atoms. The minimum atomic E-state index is -1.08. The predicted octanol–water partition coefficient (Wildman–Crippen LogP) is -0.871. The maximum Gasteiger partial charge on any atom is 0.356 e. The zero-order chi connectivity index (χ0) is 13.0. The molecule has 0 spiro atoms. The maximum absolute atomic E-state index is 11.4. The SMILES string of the molecule is O=C(O)c1cn(CCNC(=O)c2ncn[nH]2)cn1. The number of carbonyl (C=O) groups is 2. The molecule has 94 valence electrons. The first-order chi connectivity index (χ1) is 8.66. The molecule has 0 aliphatic heterocycles. The Bertz CT molecular complexity index is 546. The molecule has 2 heterocycles. The van der Waals surface area contributed by atoms with E-state index in [1.165, 1.54) is 18.9 Å². The number of nitrogens with zero attached hydrogens (tertiary/aromatic N) is 4. The van der Waals surface area contributed by atoms with Crippen molar-refractivity contribution in [3.8, 4) is 0 Å². The van der Waals surface area contributed by atoms with Crippen LogP contribution in [0.4, 0.5) is 0 Å². The number of hydrogen-bond acceptors (Lipinski definition) is 5. The van der Waals surface area contributed by atoms with E-state index in [-0.39, 0.29) is 17.4 Å². The van der Waals surface area contributed by atoms with E-state index in [1.807, 2.05) is 0 Å². The lowest BCUT2D eigenvalue weighted by molar-refractivity contribution is 0.0690. The standard InChI is InChI=1S/C9H10N6O3/c16-8(7-11-4-13-14-7)10-1-2-15-3-6(9(17)18)12-5-15/h3-5H,1-2H2,(H,10,16)(H,17,18)(H,11,13,14). The Morgan fingerprint density at radius 1 is 1.44 bits per heavy atom. The molecule has 0 fully saturated rings. The van der Waals surface area contributed by atoms with E-state index in [9.17, 15) is 9.59 Å². The van der Waals surface area contributed by atoms with Crippen molar-refractivity contribution in [1.82, 2.24) is 30.0 Å². The monoisotopic (exact) mass is 250 g/mol. The zero-order valence-corrected chi connectivity index (χ0v) is 9.20. The van der Waals surface area contributed by atoms with Gasteiger partial charge in [0.05, 0.1) is 6.33 Å². The van der Waals surface area contributed by atoms with Crippen molar-refractivity contribution in [2.24, 2.45) is 0 Å². The Hall–Kier alpha value is -2.71. The molecule has 2 aromatic rings. The highest BCUT2D eigenvalue weighted by atomic mass is 16.4. The summed E-state index contributed by atoms with van der Waals surface area (Å²) in [4.78, 5) is 29.4. The molecule has 0 aliphatic rings. The average Bonchev–Trinajstić information content (AvgIpc) is 3.00. The van der Waals surface area contributed by atoms with Gasteiger partial charge in [0.25, 0.3) is 5.91 Å². The fourth-order valence-corrected chi connectivity index (χ4v) is 1.29. The predicted molar refractivity (Wildman–Crippen MR) is 57.9 cm³/mol. The third-order valence-electron chi connectivity index (χ3n) is 2.14. The van der Waals surface area contributed by atoms with Gasteiger partial charge in [-0.05, 0) is 0 Å². The number of aromatic amines is 1. The van der Waals surface area contributed by atoms with Gasteiger partial charge in [-0.15, -0.1) is 0 Å². The quantitative estimate of drug-likeness (QED) is 0.633. The summed E-state index contributed by atoms with van der Waals surface area (Å²) >= 11 is 0. The van der Waals surface area contributed by atoms with Crippen molar-refractivity contribution in [2.45, 2.75) is 6.54 Å². The second-order valence-corrected chi connectivity index (χ2v) is 3.39. The first-order valence-electron chi connectivity index (χ1n) is 5.05. The number of H-pyrrole nitrogens is 1. The second-order valence-electron chi connectivity index (χ2n) is 3.39. The van der Waals surface area contributed by atoms with Crippen LogP contribution in [0.2, 0.25) is 0 Å². The fraction of sp³-hybridized carbons (Fsp3) is 0.222. The van der Waals surface area contributed by atoms with Gasteiger partial charge in [-0.25, -0.2) is 14.8 Å². The molecule has 2 aromatic heterocycles. The smallest absolute Gasteiger partial charge is 0.356 e. The van der Waals surface area contributed by atoms with Gasteiger partial charge in [-0.2, -0.15) is 5.10 Å². The molecule has 0 aliphatic carbocycles. The summed E-state index contributed by atoms with van der Waals surface area (Å²) in [6.07, 6.45) is 4.02. The summed E-state index contributed by atoms with van der Waals surface area (Å²) in [7, 11) is 0. The molecular weight excluding hydrogens is 240 g/mol. The number of aromatic carboxylic acids is 1. The van der Waals surface area contributed by atoms with E-state index in [4.69, 9.17) is 5.11 Å². The third-order valence-corrected chi connectivity index (χ3v) is 2.14. The minimum absolute atomic E-state index is 0.0310. The Morgan fingerprint density at radius 3 is 2.89 bits per heavy atom. The van der Waals surface area contributed by atoms with Crippen LogP contribution in [0.5, 0.6) is 0 Å². The molecule has 1 amide bonds. The Labute approximate surface area is 101 Å². The number of hydrogen-bond donors (Lipinski definition) is 3. The van der Waals surface area contributed by atoms with Crippen molar-refractivity contribution in [3.05, 3.63) is 30.4 Å². The Kier molecular flexibility index (Phi) is 3.32. The normalized spacial score (nSPS) is 10.2. The van der Waals surface area contributed by atoms with Crippen molar-refractivity contribution < 1.29 is 14.7 Å². The highest BCUT2D eigenvalue weighted by Gasteiger charge is 2.08. The van der Waals surface area contributed by atoms with E-state index >= 15 is 0 Å². The van der Waals surface area contributed by atoms with Crippen molar-refractivity contribution in [1.29, 1.82) is 0 Å². The number of carbonyl (C=O) groups excluding carboxylic acids is 1. The topological polar surface area (TPSA) is 126 Å². The lowest BCUT2D eigenvalue weighted by Crippen LogP contribution is -2.27. The maximum atomic E-state index is 11.4. The molecule has 0 atom stereocenters. The van der Waals surface area contributed by atoms with Crippen LogP contribution < -0.4 is 5.32 Å². The van der Waals surface area contributed by atoms with Gasteiger partial charge >= 0.3 is 5.97 Å². The highest BCUT2D eigenvalue weighted by molar-refractivity contribution is 5.90. The van der Waals surface area contributed by atoms with Gasteiger partial charge in [0.15, 0.2) is 5.69 Å². The van der Waals surface area contributed by atoms with Crippen LogP contribution in [0, 0.1) is 0 Å². The average molecular weight is 250 g/mol. The van der Waals surface area contributed by atoms with Crippen molar-refractivity contribution in [2.75, 3.05) is 6.54 Å². The van der Waals surface area contributed by atoms with E-state index < -0.39 is 5.97 Å². The van der Waals surface area contributed by atoms with Crippen LogP contribution in [0.25, 0.3) is 0 Å². The second kappa shape index (κ2) is 5.08. The van der Waals surface area contributed by atoms with Gasteiger partial charge in [-0.3, -0.25) is 9.89 Å². The summed E-state index contributed by atoms with van der Waals surface area (Å²) in [5.41, 5.74) is -0.0310. The van der Waals surface area contributed by atoms with Gasteiger partial charge in [0.2, 0.25) is 5.82 Å². The van der Waals surface area contributed by atoms with E-state index in [0.29, 0.717) is 13.1 Å². The Balaban J connectivity index is 1.81. The molecule has 3 N–H and O–H groups in total. The highest BCUT2D eigenvalue weighted by Crippen LogP contribution is 1.95. The first-order valence-corrected chi connectivity index (χ1v) is 5.05. The van der Waals surface area contributed by atoms with E-state index in [0.717, 1.165) is 0 Å². The molecule has 0 bridgehead atoms. The molecule has 0 unspecified atom stereocenters. The summed E-state index contributed by atoms with van der Waals surface area (Å²) in [5, 5.41) is 17.3. The third kappa shape index (κ3) is 2.70. The van der Waals surface area contributed by atoms with Gasteiger partial charge in [-0.1, -0.05) is 0 Å². The van der Waals surface area contributed by atoms with Crippen LogP contribution in [-0.2, 0) is 6.54 Å². The summed E-state index contributed by atoms with van der Waals surface area (Å²) in [6, 6.07) is 0. The number of amides is 1. The van der Waals surface area contributed by atoms with Crippen LogP contribution in [0.3, 0.4) is 0 Å². The van der Waals surface area contributed by atoms with Crippen LogP contribution >= 0.6 is 0 Å². The largest absolute Gasteiger partial charge is 0.476 e. The molecule has 2 rings (SSSR count). The van der Waals surface area contributed by atoms with Gasteiger partial charge in [0.1, 0.15) is 6.33 Å². The number of nitrogens with one attached hydrogen (secondary N) is 2. The van der Waals surface area contributed by atoms with Crippen LogP contribution in [0.1, 0.15) is 21.1 Å². The van der Waals surface area contributed by atoms with Crippen LogP contribution in [-0.4, -0.2) is 48.3 Å². The molecule has 0 radical (unpaired) electrons. The zero-order valence-electron chi connectivity index (χ0n) is 9.20. The lowest BCUT2D eigenvalue weighted by atomic mass is 10.5. The lowest BCUT2D eigenvalue weighted by Gasteiger charge is -2.03. The Morgan fingerprint density at radius 2 is 2.28 bits per heavy atom. The minimum Gasteiger partial charge on any atom is -0.476 e. The van der Waals surface area contributed by atoms with E-state index in [2.05, 4.69) is 25.5 Å². The number of imidazole rings is 1. The van der Waals surface area contributed by atoms with E-state index in [1.54, 1.807) is 4.57 Å². The fourth-order valence-electron chi connectivity index (χ4n) is 1.29. The molecule has 0 aromatic carbocycles. The molecule has 9 nitrogen and oxygen atoms in total. The number of carboxylic acids is 1. The summed E-state index contributed by atoms with van der Waals surface area (Å²) in [5.74, 6) is -1.32. The molecule has 0 saturated heterocycles. The molecule has 9 heteroatoms. The van der Waals surface area contributed by atoms with Gasteiger partial charge < -0.3 is 15.0 Å².